The molecule has 0 spiro atoms. The van der Waals surface area contributed by atoms with Crippen molar-refractivity contribution in [2.45, 2.75) is 13.8 Å². The highest BCUT2D eigenvalue weighted by Crippen LogP contribution is 2.32. The number of rotatable bonds is 1. The summed E-state index contributed by atoms with van der Waals surface area (Å²) < 4.78 is 2.92. The van der Waals surface area contributed by atoms with E-state index in [2.05, 4.69) is 40.0 Å². The molecular formula is C15H14BrN3. The Hall–Kier alpha value is -1.81. The molecule has 0 atom stereocenters. The summed E-state index contributed by atoms with van der Waals surface area (Å²) in [5.41, 5.74) is 11.3. The number of nitrogen functional groups attached to an aromatic ring is 1. The number of fused-ring (bicyclic) bond motifs is 1. The molecule has 3 rings (SSSR count). The van der Waals surface area contributed by atoms with E-state index in [4.69, 9.17) is 5.73 Å². The molecule has 0 aliphatic heterocycles. The van der Waals surface area contributed by atoms with Gasteiger partial charge in [-0.15, -0.1) is 0 Å². The Labute approximate surface area is 120 Å². The van der Waals surface area contributed by atoms with E-state index < -0.39 is 0 Å². The van der Waals surface area contributed by atoms with Crippen LogP contribution in [0.1, 0.15) is 11.1 Å². The summed E-state index contributed by atoms with van der Waals surface area (Å²) in [6.07, 6.45) is 1.96. The predicted octanol–water partition coefficient (Wildman–Crippen LogP) is 3.96. The van der Waals surface area contributed by atoms with Gasteiger partial charge in [0.1, 0.15) is 17.2 Å². The molecule has 2 aromatic heterocycles. The largest absolute Gasteiger partial charge is 0.383 e. The van der Waals surface area contributed by atoms with Crippen LogP contribution >= 0.6 is 15.9 Å². The van der Waals surface area contributed by atoms with Gasteiger partial charge in [0.25, 0.3) is 0 Å². The van der Waals surface area contributed by atoms with E-state index in [0.29, 0.717) is 5.82 Å². The highest BCUT2D eigenvalue weighted by molar-refractivity contribution is 9.10. The van der Waals surface area contributed by atoms with Gasteiger partial charge in [0.2, 0.25) is 0 Å². The van der Waals surface area contributed by atoms with Crippen LogP contribution in [-0.2, 0) is 0 Å². The van der Waals surface area contributed by atoms with Gasteiger partial charge in [0, 0.05) is 16.2 Å². The summed E-state index contributed by atoms with van der Waals surface area (Å²) in [6.45, 7) is 4.11. The number of nitrogens with zero attached hydrogens (tertiary/aromatic N) is 2. The molecule has 0 saturated carbocycles. The van der Waals surface area contributed by atoms with Crippen LogP contribution in [0.15, 0.2) is 41.0 Å². The van der Waals surface area contributed by atoms with Gasteiger partial charge < -0.3 is 5.73 Å². The molecule has 0 amide bonds. The molecule has 2 N–H and O–H groups in total. The summed E-state index contributed by atoms with van der Waals surface area (Å²) in [7, 11) is 0. The zero-order valence-corrected chi connectivity index (χ0v) is 12.4. The fourth-order valence-electron chi connectivity index (χ4n) is 2.18. The van der Waals surface area contributed by atoms with Crippen molar-refractivity contribution in [1.82, 2.24) is 9.38 Å². The summed E-state index contributed by atoms with van der Waals surface area (Å²) in [6, 6.07) is 10.2. The Morgan fingerprint density at radius 2 is 1.84 bits per heavy atom. The number of nitrogens with two attached hydrogens (primary N) is 1. The van der Waals surface area contributed by atoms with Gasteiger partial charge in [-0.05, 0) is 43.2 Å². The van der Waals surface area contributed by atoms with E-state index in [1.54, 1.807) is 0 Å². The van der Waals surface area contributed by atoms with Crippen LogP contribution in [-0.4, -0.2) is 9.38 Å². The monoisotopic (exact) mass is 315 g/mol. The van der Waals surface area contributed by atoms with Gasteiger partial charge in [-0.2, -0.15) is 0 Å². The molecule has 0 saturated heterocycles. The average Bonchev–Trinajstić information content (AvgIpc) is 2.66. The van der Waals surface area contributed by atoms with Crippen molar-refractivity contribution in [3.8, 4) is 11.3 Å². The molecule has 3 aromatic rings. The third-order valence-electron chi connectivity index (χ3n) is 3.20. The lowest BCUT2D eigenvalue weighted by atomic mass is 10.1. The van der Waals surface area contributed by atoms with E-state index in [9.17, 15) is 0 Å². The maximum Gasteiger partial charge on any atom is 0.139 e. The van der Waals surface area contributed by atoms with E-state index in [0.717, 1.165) is 21.4 Å². The molecule has 19 heavy (non-hydrogen) atoms. The topological polar surface area (TPSA) is 43.3 Å². The molecule has 0 radical (unpaired) electrons. The highest BCUT2D eigenvalue weighted by Gasteiger charge is 2.13. The van der Waals surface area contributed by atoms with Crippen molar-refractivity contribution < 1.29 is 0 Å². The minimum Gasteiger partial charge on any atom is -0.383 e. The zero-order chi connectivity index (χ0) is 13.6. The van der Waals surface area contributed by atoms with Crippen LogP contribution in [0.3, 0.4) is 0 Å². The van der Waals surface area contributed by atoms with Crippen LogP contribution in [0, 0.1) is 13.8 Å². The Morgan fingerprint density at radius 1 is 1.11 bits per heavy atom. The number of imidazole rings is 1. The lowest BCUT2D eigenvalue weighted by molar-refractivity contribution is 1.18. The van der Waals surface area contributed by atoms with Crippen molar-refractivity contribution in [1.29, 1.82) is 0 Å². The fourth-order valence-corrected chi connectivity index (χ4v) is 2.86. The molecule has 0 fully saturated rings. The number of hydrogen-bond acceptors (Lipinski definition) is 2. The van der Waals surface area contributed by atoms with E-state index in [1.165, 1.54) is 11.1 Å². The van der Waals surface area contributed by atoms with Gasteiger partial charge in [-0.1, -0.05) is 28.1 Å². The molecule has 0 aliphatic carbocycles. The molecule has 3 nitrogen and oxygen atoms in total. The summed E-state index contributed by atoms with van der Waals surface area (Å²) in [5.74, 6) is 0.666. The quantitative estimate of drug-likeness (QED) is 0.738. The number of benzene rings is 1. The minimum atomic E-state index is 0.666. The van der Waals surface area contributed by atoms with Crippen LogP contribution < -0.4 is 5.73 Å². The zero-order valence-electron chi connectivity index (χ0n) is 10.8. The van der Waals surface area contributed by atoms with E-state index in [1.807, 2.05) is 35.7 Å². The maximum atomic E-state index is 6.21. The van der Waals surface area contributed by atoms with E-state index in [-0.39, 0.29) is 0 Å². The normalized spacial score (nSPS) is 11.1. The second kappa shape index (κ2) is 4.38. The molecule has 4 heteroatoms. The third-order valence-corrected chi connectivity index (χ3v) is 3.85. The van der Waals surface area contributed by atoms with Gasteiger partial charge in [0.15, 0.2) is 0 Å². The first-order valence-electron chi connectivity index (χ1n) is 6.07. The van der Waals surface area contributed by atoms with Crippen molar-refractivity contribution in [2.24, 2.45) is 0 Å². The van der Waals surface area contributed by atoms with Gasteiger partial charge in [-0.3, -0.25) is 4.40 Å². The van der Waals surface area contributed by atoms with Crippen molar-refractivity contribution in [2.75, 3.05) is 5.73 Å². The molecule has 0 unspecified atom stereocenters. The molecule has 96 valence electrons. The molecular weight excluding hydrogens is 302 g/mol. The molecule has 2 heterocycles. The fraction of sp³-hybridized carbons (Fsp3) is 0.133. The number of anilines is 1. The Kier molecular flexibility index (Phi) is 2.82. The van der Waals surface area contributed by atoms with Crippen LogP contribution in [0.4, 0.5) is 5.82 Å². The highest BCUT2D eigenvalue weighted by atomic mass is 79.9. The molecule has 0 aliphatic rings. The SMILES string of the molecule is Cc1ccc(-c2nc3cc(C)ccn3c2N)c(Br)c1. The second-order valence-electron chi connectivity index (χ2n) is 4.76. The van der Waals surface area contributed by atoms with Gasteiger partial charge in [-0.25, -0.2) is 4.98 Å². The third kappa shape index (κ3) is 2.02. The van der Waals surface area contributed by atoms with Crippen LogP contribution in [0.2, 0.25) is 0 Å². The number of pyridine rings is 1. The first-order chi connectivity index (χ1) is 9.06. The number of halogens is 1. The first-order valence-corrected chi connectivity index (χ1v) is 6.86. The predicted molar refractivity (Wildman–Crippen MR) is 82.2 cm³/mol. The molecule has 0 bridgehead atoms. The first kappa shape index (κ1) is 12.2. The van der Waals surface area contributed by atoms with Crippen molar-refractivity contribution >= 4 is 27.4 Å². The number of aryl methyl sites for hydroxylation is 2. The lowest BCUT2D eigenvalue weighted by Gasteiger charge is -2.03. The summed E-state index contributed by atoms with van der Waals surface area (Å²) in [4.78, 5) is 4.64. The Bertz CT molecular complexity index is 774. The average molecular weight is 316 g/mol. The molecule has 1 aromatic carbocycles. The standard InChI is InChI=1S/C15H14BrN3/c1-9-3-4-11(12(16)7-9)14-15(17)19-6-5-10(2)8-13(19)18-14/h3-8H,17H2,1-2H3. The number of hydrogen-bond donors (Lipinski definition) is 1. The summed E-state index contributed by atoms with van der Waals surface area (Å²) in [5, 5.41) is 0. The Balaban J connectivity index is 2.27. The van der Waals surface area contributed by atoms with Gasteiger partial charge in [0.05, 0.1) is 0 Å². The maximum absolute atomic E-state index is 6.21. The van der Waals surface area contributed by atoms with Crippen molar-refractivity contribution in [3.05, 3.63) is 52.1 Å². The summed E-state index contributed by atoms with van der Waals surface area (Å²) >= 11 is 3.58. The Morgan fingerprint density at radius 3 is 2.58 bits per heavy atom. The van der Waals surface area contributed by atoms with Crippen molar-refractivity contribution in [3.63, 3.8) is 0 Å². The minimum absolute atomic E-state index is 0.666. The number of aromatic nitrogens is 2. The smallest absolute Gasteiger partial charge is 0.139 e. The van der Waals surface area contributed by atoms with Crippen LogP contribution in [0.5, 0.6) is 0 Å². The lowest BCUT2D eigenvalue weighted by Crippen LogP contribution is -1.94. The second-order valence-corrected chi connectivity index (χ2v) is 5.62. The van der Waals surface area contributed by atoms with E-state index >= 15 is 0 Å². The van der Waals surface area contributed by atoms with Gasteiger partial charge >= 0.3 is 0 Å². The van der Waals surface area contributed by atoms with Crippen LogP contribution in [0.25, 0.3) is 16.9 Å².